The molecule has 0 fully saturated rings. The minimum atomic E-state index is -4.40. The van der Waals surface area contributed by atoms with Crippen LogP contribution in [0.4, 0.5) is 26.3 Å². The van der Waals surface area contributed by atoms with Crippen molar-refractivity contribution < 1.29 is 52.7 Å². The van der Waals surface area contributed by atoms with E-state index < -0.39 is 43.5 Å². The molecule has 0 bridgehead atoms. The van der Waals surface area contributed by atoms with Crippen molar-refractivity contribution in [3.8, 4) is 33.8 Å². The highest BCUT2D eigenvalue weighted by Crippen LogP contribution is 2.33. The van der Waals surface area contributed by atoms with E-state index in [0.29, 0.717) is 34.2 Å². The smallest absolute Gasteiger partial charge is 0.416 e. The minimum absolute atomic E-state index is 0.0476. The fraction of sp³-hybridized carbons (Fsp3) is 0.174. The molecule has 2 N–H and O–H groups in total. The molecule has 0 unspecified atom stereocenters. The van der Waals surface area contributed by atoms with Gasteiger partial charge in [-0.05, 0) is 119 Å². The van der Waals surface area contributed by atoms with Gasteiger partial charge in [-0.1, -0.05) is 36.4 Å². The lowest BCUT2D eigenvalue weighted by molar-refractivity contribution is -0.138. The second-order valence-corrected chi connectivity index (χ2v) is 19.4. The van der Waals surface area contributed by atoms with Crippen LogP contribution in [0.5, 0.6) is 11.5 Å². The fourth-order valence-electron chi connectivity index (χ4n) is 6.48. The van der Waals surface area contributed by atoms with Crippen LogP contribution in [0.1, 0.15) is 22.8 Å². The third-order valence-electron chi connectivity index (χ3n) is 10.1. The zero-order chi connectivity index (χ0) is 47.6. The van der Waals surface area contributed by atoms with Gasteiger partial charge in [-0.2, -0.15) is 26.3 Å². The van der Waals surface area contributed by atoms with Crippen LogP contribution in [0.2, 0.25) is 0 Å². The second-order valence-electron chi connectivity index (χ2n) is 15.1. The molecule has 66 heavy (non-hydrogen) atoms. The zero-order valence-corrected chi connectivity index (χ0v) is 37.1. The molecule has 344 valence electrons. The molecule has 0 radical (unpaired) electrons. The number of ether oxygens (including phenoxy) is 2. The predicted octanol–water partition coefficient (Wildman–Crippen LogP) is 10.2. The van der Waals surface area contributed by atoms with E-state index in [1.54, 1.807) is 48.5 Å². The summed E-state index contributed by atoms with van der Waals surface area (Å²) in [5.41, 5.74) is 4.63. The van der Waals surface area contributed by atoms with Crippen molar-refractivity contribution in [2.45, 2.75) is 35.4 Å². The molecule has 0 atom stereocenters. The van der Waals surface area contributed by atoms with Gasteiger partial charge in [0.1, 0.15) is 36.4 Å². The SMILES string of the molecule is CN(C)S(=O)(=O)c1ccc(-c2ccc3nc(COc4ccc(C(F)(F)F)cc4)[nH]c3c2)cc1.CN(C)S(=O)(=O)c1cccc(-c2ccc3nc(COc4ccc(C(F)(F)F)cc4)[nH]c3c2)c1. The molecule has 20 heteroatoms. The standard InChI is InChI=1S/2C23H20F3N3O3S/c1-29(2)33(30,31)19-10-3-15(4-11-19)16-5-12-20-21(13-16)28-22(27-20)14-32-18-8-6-17(7-9-18)23(24,25)26;1-29(2)33(30,31)19-5-3-4-15(12-19)16-6-11-20-21(13-16)28-22(27-20)14-32-18-9-7-17(8-10-18)23(24,25)26/h2*3-13H,14H2,1-2H3,(H,27,28). The lowest BCUT2D eigenvalue weighted by Crippen LogP contribution is -2.22. The summed E-state index contributed by atoms with van der Waals surface area (Å²) in [6.07, 6.45) is -8.79. The predicted molar refractivity (Wildman–Crippen MR) is 236 cm³/mol. The van der Waals surface area contributed by atoms with E-state index in [0.717, 1.165) is 66.2 Å². The maximum absolute atomic E-state index is 12.7. The van der Waals surface area contributed by atoms with Crippen LogP contribution < -0.4 is 9.47 Å². The normalized spacial score (nSPS) is 12.4. The Morgan fingerprint density at radius 2 is 0.879 bits per heavy atom. The summed E-state index contributed by atoms with van der Waals surface area (Å²) in [5.74, 6) is 1.63. The molecule has 0 saturated heterocycles. The number of aromatic amines is 2. The number of hydrogen-bond acceptors (Lipinski definition) is 8. The second kappa shape index (κ2) is 18.6. The average Bonchev–Trinajstić information content (AvgIpc) is 3.90. The number of aromatic nitrogens is 4. The minimum Gasteiger partial charge on any atom is -0.486 e. The third-order valence-corrected chi connectivity index (χ3v) is 13.7. The van der Waals surface area contributed by atoms with Gasteiger partial charge in [0.25, 0.3) is 0 Å². The van der Waals surface area contributed by atoms with Crippen LogP contribution in [0.25, 0.3) is 44.3 Å². The van der Waals surface area contributed by atoms with Gasteiger partial charge in [0.2, 0.25) is 20.0 Å². The summed E-state index contributed by atoms with van der Waals surface area (Å²) < 4.78 is 139. The topological polar surface area (TPSA) is 151 Å². The van der Waals surface area contributed by atoms with Crippen molar-refractivity contribution in [3.05, 3.63) is 156 Å². The molecule has 0 saturated carbocycles. The Bertz CT molecular complexity index is 3210. The summed E-state index contributed by atoms with van der Waals surface area (Å²) in [6, 6.07) is 33.3. The Kier molecular flexibility index (Phi) is 13.3. The Morgan fingerprint density at radius 3 is 1.30 bits per heavy atom. The number of imidazole rings is 2. The summed E-state index contributed by atoms with van der Waals surface area (Å²) >= 11 is 0. The average molecular weight is 951 g/mol. The number of benzene rings is 6. The Balaban J connectivity index is 0.000000196. The van der Waals surface area contributed by atoms with E-state index in [9.17, 15) is 43.2 Å². The Hall–Kier alpha value is -6.74. The summed E-state index contributed by atoms with van der Waals surface area (Å²) in [5, 5.41) is 0. The first-order valence-corrected chi connectivity index (χ1v) is 22.6. The van der Waals surface area contributed by atoms with E-state index in [2.05, 4.69) is 19.9 Å². The molecular weight excluding hydrogens is 911 g/mol. The molecule has 6 aromatic carbocycles. The summed E-state index contributed by atoms with van der Waals surface area (Å²) in [4.78, 5) is 15.6. The van der Waals surface area contributed by atoms with Crippen molar-refractivity contribution in [3.63, 3.8) is 0 Å². The number of sulfonamides is 2. The van der Waals surface area contributed by atoms with Crippen molar-refractivity contribution in [1.29, 1.82) is 0 Å². The zero-order valence-electron chi connectivity index (χ0n) is 35.4. The van der Waals surface area contributed by atoms with Crippen LogP contribution in [0, 0.1) is 0 Å². The highest BCUT2D eigenvalue weighted by molar-refractivity contribution is 7.89. The van der Waals surface area contributed by atoms with Crippen molar-refractivity contribution in [2.75, 3.05) is 28.2 Å². The molecule has 2 heterocycles. The molecule has 0 aliphatic heterocycles. The van der Waals surface area contributed by atoms with Crippen molar-refractivity contribution >= 4 is 42.1 Å². The van der Waals surface area contributed by atoms with Crippen LogP contribution in [0.15, 0.2) is 143 Å². The maximum Gasteiger partial charge on any atom is 0.416 e. The first kappa shape index (κ1) is 47.2. The fourth-order valence-corrected chi connectivity index (χ4v) is 8.33. The number of fused-ring (bicyclic) bond motifs is 2. The summed E-state index contributed by atoms with van der Waals surface area (Å²) in [7, 11) is -1.14. The van der Waals surface area contributed by atoms with Crippen molar-refractivity contribution in [2.24, 2.45) is 0 Å². The van der Waals surface area contributed by atoms with Crippen LogP contribution in [-0.4, -0.2) is 73.6 Å². The number of H-pyrrole nitrogens is 2. The van der Waals surface area contributed by atoms with E-state index in [1.807, 2.05) is 36.4 Å². The summed E-state index contributed by atoms with van der Waals surface area (Å²) in [6.45, 7) is 0.110. The lowest BCUT2D eigenvalue weighted by atomic mass is 10.1. The molecule has 12 nitrogen and oxygen atoms in total. The maximum atomic E-state index is 12.7. The molecule has 0 spiro atoms. The van der Waals surface area contributed by atoms with Crippen LogP contribution >= 0.6 is 0 Å². The number of rotatable bonds is 12. The molecule has 2 aromatic heterocycles. The van der Waals surface area contributed by atoms with E-state index in [-0.39, 0.29) is 23.0 Å². The van der Waals surface area contributed by atoms with E-state index in [4.69, 9.17) is 9.47 Å². The molecule has 0 aliphatic rings. The van der Waals surface area contributed by atoms with Gasteiger partial charge in [-0.25, -0.2) is 35.4 Å². The van der Waals surface area contributed by atoms with E-state index in [1.165, 1.54) is 52.5 Å². The Labute approximate surface area is 375 Å². The lowest BCUT2D eigenvalue weighted by Gasteiger charge is -2.12. The number of hydrogen-bond donors (Lipinski definition) is 2. The monoisotopic (exact) mass is 950 g/mol. The van der Waals surface area contributed by atoms with Crippen LogP contribution in [-0.2, 0) is 45.6 Å². The van der Waals surface area contributed by atoms with E-state index >= 15 is 0 Å². The van der Waals surface area contributed by atoms with Crippen molar-refractivity contribution in [1.82, 2.24) is 28.5 Å². The number of nitrogens with one attached hydrogen (secondary N) is 2. The van der Waals surface area contributed by atoms with Gasteiger partial charge >= 0.3 is 12.4 Å². The highest BCUT2D eigenvalue weighted by atomic mass is 32.2. The molecule has 8 rings (SSSR count). The van der Waals surface area contributed by atoms with Gasteiger partial charge < -0.3 is 19.4 Å². The highest BCUT2D eigenvalue weighted by Gasteiger charge is 2.31. The number of halogens is 6. The van der Waals surface area contributed by atoms with Gasteiger partial charge in [0.15, 0.2) is 0 Å². The number of alkyl halides is 6. The Morgan fingerprint density at radius 1 is 0.485 bits per heavy atom. The van der Waals surface area contributed by atoms with Crippen LogP contribution in [0.3, 0.4) is 0 Å². The molecular formula is C46H40F6N6O6S2. The first-order chi connectivity index (χ1) is 31.1. The number of nitrogens with zero attached hydrogens (tertiary/aromatic N) is 4. The first-order valence-electron chi connectivity index (χ1n) is 19.7. The molecule has 0 aliphatic carbocycles. The van der Waals surface area contributed by atoms with Gasteiger partial charge in [0.05, 0.1) is 43.0 Å². The molecule has 0 amide bonds. The van der Waals surface area contributed by atoms with Gasteiger partial charge in [-0.15, -0.1) is 0 Å². The largest absolute Gasteiger partial charge is 0.486 e. The van der Waals surface area contributed by atoms with Gasteiger partial charge in [0, 0.05) is 28.2 Å². The quantitative estimate of drug-likeness (QED) is 0.115. The molecule has 8 aromatic rings. The van der Waals surface area contributed by atoms with Gasteiger partial charge in [-0.3, -0.25) is 0 Å². The third kappa shape index (κ3) is 10.8.